The molecule has 0 atom stereocenters. The number of hydrogen-bond acceptors (Lipinski definition) is 3. The first kappa shape index (κ1) is 7.70. The highest BCUT2D eigenvalue weighted by molar-refractivity contribution is 6.36. The SMILES string of the molecule is Clc1nncc2cnc3[nH]ccc3c12. The molecule has 0 amide bonds. The van der Waals surface area contributed by atoms with Gasteiger partial charge in [0.2, 0.25) is 0 Å². The van der Waals surface area contributed by atoms with Crippen LogP contribution in [0.2, 0.25) is 5.15 Å². The van der Waals surface area contributed by atoms with Crippen molar-refractivity contribution in [1.82, 2.24) is 20.2 Å². The fraction of sp³-hybridized carbons (Fsp3) is 0. The molecule has 0 saturated heterocycles. The van der Waals surface area contributed by atoms with Gasteiger partial charge in [-0.3, -0.25) is 0 Å². The predicted octanol–water partition coefficient (Wildman–Crippen LogP) is 2.16. The molecule has 0 unspecified atom stereocenters. The molecule has 68 valence electrons. The van der Waals surface area contributed by atoms with Gasteiger partial charge in [-0.25, -0.2) is 4.98 Å². The number of aromatic amines is 1. The molecule has 3 rings (SSSR count). The third-order valence-corrected chi connectivity index (χ3v) is 2.43. The summed E-state index contributed by atoms with van der Waals surface area (Å²) < 4.78 is 0. The van der Waals surface area contributed by atoms with Crippen molar-refractivity contribution >= 4 is 33.4 Å². The van der Waals surface area contributed by atoms with E-state index in [0.29, 0.717) is 5.15 Å². The molecule has 3 aromatic rings. The van der Waals surface area contributed by atoms with Gasteiger partial charge in [-0.1, -0.05) is 11.6 Å². The van der Waals surface area contributed by atoms with E-state index in [1.807, 2.05) is 12.3 Å². The lowest BCUT2D eigenvalue weighted by Crippen LogP contribution is -1.86. The van der Waals surface area contributed by atoms with E-state index in [9.17, 15) is 0 Å². The fourth-order valence-corrected chi connectivity index (χ4v) is 1.80. The van der Waals surface area contributed by atoms with Crippen molar-refractivity contribution in [2.45, 2.75) is 0 Å². The van der Waals surface area contributed by atoms with Crippen LogP contribution in [0.3, 0.4) is 0 Å². The summed E-state index contributed by atoms with van der Waals surface area (Å²) in [6, 6.07) is 1.93. The zero-order chi connectivity index (χ0) is 9.54. The Labute approximate surface area is 83.9 Å². The van der Waals surface area contributed by atoms with Crippen molar-refractivity contribution in [3.8, 4) is 0 Å². The van der Waals surface area contributed by atoms with Gasteiger partial charge in [-0.15, -0.1) is 5.10 Å². The van der Waals surface area contributed by atoms with E-state index >= 15 is 0 Å². The molecule has 0 saturated carbocycles. The highest BCUT2D eigenvalue weighted by atomic mass is 35.5. The Kier molecular flexibility index (Phi) is 1.46. The monoisotopic (exact) mass is 204 g/mol. The van der Waals surface area contributed by atoms with E-state index in [1.54, 1.807) is 12.4 Å². The number of rotatable bonds is 0. The van der Waals surface area contributed by atoms with Gasteiger partial charge >= 0.3 is 0 Å². The summed E-state index contributed by atoms with van der Waals surface area (Å²) in [5.74, 6) is 0. The van der Waals surface area contributed by atoms with E-state index < -0.39 is 0 Å². The van der Waals surface area contributed by atoms with Gasteiger partial charge in [0.1, 0.15) is 5.65 Å². The van der Waals surface area contributed by atoms with Crippen LogP contribution in [0, 0.1) is 0 Å². The maximum absolute atomic E-state index is 5.98. The Morgan fingerprint density at radius 3 is 3.14 bits per heavy atom. The average molecular weight is 205 g/mol. The van der Waals surface area contributed by atoms with Crippen LogP contribution in [0.1, 0.15) is 0 Å². The first-order chi connectivity index (χ1) is 6.86. The van der Waals surface area contributed by atoms with Crippen molar-refractivity contribution in [2.75, 3.05) is 0 Å². The molecule has 5 heteroatoms. The number of nitrogens with one attached hydrogen (secondary N) is 1. The lowest BCUT2D eigenvalue weighted by Gasteiger charge is -1.98. The number of fused-ring (bicyclic) bond motifs is 3. The smallest absolute Gasteiger partial charge is 0.160 e. The number of H-pyrrole nitrogens is 1. The molecule has 0 aromatic carbocycles. The first-order valence-corrected chi connectivity index (χ1v) is 4.47. The maximum atomic E-state index is 5.98. The third-order valence-electron chi connectivity index (χ3n) is 2.16. The Morgan fingerprint density at radius 1 is 1.29 bits per heavy atom. The van der Waals surface area contributed by atoms with Gasteiger partial charge in [0.25, 0.3) is 0 Å². The molecular weight excluding hydrogens is 200 g/mol. The zero-order valence-electron chi connectivity index (χ0n) is 7.03. The molecule has 4 nitrogen and oxygen atoms in total. The quantitative estimate of drug-likeness (QED) is 0.611. The maximum Gasteiger partial charge on any atom is 0.160 e. The number of aromatic nitrogens is 4. The van der Waals surface area contributed by atoms with Gasteiger partial charge in [0.05, 0.1) is 6.20 Å². The molecule has 0 aliphatic carbocycles. The van der Waals surface area contributed by atoms with E-state index in [2.05, 4.69) is 20.2 Å². The molecule has 14 heavy (non-hydrogen) atoms. The molecule has 0 aliphatic heterocycles. The second-order valence-corrected chi connectivity index (χ2v) is 3.32. The Hall–Kier alpha value is -1.68. The lowest BCUT2D eigenvalue weighted by atomic mass is 10.2. The van der Waals surface area contributed by atoms with Crippen LogP contribution in [0.25, 0.3) is 21.8 Å². The van der Waals surface area contributed by atoms with Gasteiger partial charge in [-0.2, -0.15) is 5.10 Å². The van der Waals surface area contributed by atoms with Crippen LogP contribution < -0.4 is 0 Å². The minimum absolute atomic E-state index is 0.412. The molecule has 0 bridgehead atoms. The molecule has 1 N–H and O–H groups in total. The van der Waals surface area contributed by atoms with Crippen LogP contribution in [-0.4, -0.2) is 20.2 Å². The van der Waals surface area contributed by atoms with E-state index in [0.717, 1.165) is 21.8 Å². The summed E-state index contributed by atoms with van der Waals surface area (Å²) in [4.78, 5) is 7.25. The summed E-state index contributed by atoms with van der Waals surface area (Å²) in [7, 11) is 0. The van der Waals surface area contributed by atoms with Crippen LogP contribution in [0.4, 0.5) is 0 Å². The Morgan fingerprint density at radius 2 is 2.21 bits per heavy atom. The van der Waals surface area contributed by atoms with E-state index in [4.69, 9.17) is 11.6 Å². The molecule has 0 radical (unpaired) electrons. The molecule has 3 aromatic heterocycles. The second-order valence-electron chi connectivity index (χ2n) is 2.96. The molecular formula is C9H5ClN4. The fourth-order valence-electron chi connectivity index (χ4n) is 1.54. The Balaban J connectivity index is 2.67. The number of pyridine rings is 1. The third kappa shape index (κ3) is 0.914. The van der Waals surface area contributed by atoms with Crippen molar-refractivity contribution in [1.29, 1.82) is 0 Å². The molecule has 3 heterocycles. The average Bonchev–Trinajstić information content (AvgIpc) is 2.65. The van der Waals surface area contributed by atoms with Crippen molar-refractivity contribution < 1.29 is 0 Å². The summed E-state index contributed by atoms with van der Waals surface area (Å²) >= 11 is 5.98. The molecule has 0 spiro atoms. The molecule has 0 aliphatic rings. The van der Waals surface area contributed by atoms with E-state index in [-0.39, 0.29) is 0 Å². The van der Waals surface area contributed by atoms with Crippen LogP contribution in [0.15, 0.2) is 24.7 Å². The summed E-state index contributed by atoms with van der Waals surface area (Å²) in [6.07, 6.45) is 5.21. The standard InChI is InChI=1S/C9H5ClN4/c10-8-7-5(4-13-14-8)3-12-9-6(7)1-2-11-9/h1-4H,(H,11,12). The summed E-state index contributed by atoms with van der Waals surface area (Å²) in [6.45, 7) is 0. The first-order valence-electron chi connectivity index (χ1n) is 4.09. The predicted molar refractivity (Wildman–Crippen MR) is 54.2 cm³/mol. The highest BCUT2D eigenvalue weighted by Gasteiger charge is 2.06. The number of nitrogens with zero attached hydrogens (tertiary/aromatic N) is 3. The summed E-state index contributed by atoms with van der Waals surface area (Å²) in [5.41, 5.74) is 0.812. The Bertz CT molecular complexity index is 616. The van der Waals surface area contributed by atoms with Crippen molar-refractivity contribution in [3.05, 3.63) is 29.8 Å². The van der Waals surface area contributed by atoms with Crippen molar-refractivity contribution in [2.24, 2.45) is 0 Å². The molecule has 0 fully saturated rings. The summed E-state index contributed by atoms with van der Waals surface area (Å²) in [5, 5.41) is 10.8. The zero-order valence-corrected chi connectivity index (χ0v) is 7.78. The van der Waals surface area contributed by atoms with Crippen LogP contribution in [-0.2, 0) is 0 Å². The van der Waals surface area contributed by atoms with Gasteiger partial charge < -0.3 is 4.98 Å². The van der Waals surface area contributed by atoms with Crippen LogP contribution in [0.5, 0.6) is 0 Å². The van der Waals surface area contributed by atoms with Gasteiger partial charge in [-0.05, 0) is 6.07 Å². The topological polar surface area (TPSA) is 54.5 Å². The van der Waals surface area contributed by atoms with Crippen molar-refractivity contribution in [3.63, 3.8) is 0 Å². The highest BCUT2D eigenvalue weighted by Crippen LogP contribution is 2.26. The van der Waals surface area contributed by atoms with Gasteiger partial charge in [0.15, 0.2) is 5.15 Å². The minimum Gasteiger partial charge on any atom is -0.346 e. The number of hydrogen-bond donors (Lipinski definition) is 1. The second kappa shape index (κ2) is 2.65. The van der Waals surface area contributed by atoms with E-state index in [1.165, 1.54) is 0 Å². The van der Waals surface area contributed by atoms with Crippen LogP contribution >= 0.6 is 11.6 Å². The lowest BCUT2D eigenvalue weighted by molar-refractivity contribution is 1.05. The number of halogens is 1. The minimum atomic E-state index is 0.412. The van der Waals surface area contributed by atoms with Gasteiger partial charge in [0, 0.05) is 28.6 Å². The normalized spacial score (nSPS) is 11.2. The largest absolute Gasteiger partial charge is 0.346 e.